The van der Waals surface area contributed by atoms with Crippen LogP contribution in [-0.4, -0.2) is 30.0 Å². The van der Waals surface area contributed by atoms with Crippen molar-refractivity contribution < 1.29 is 4.42 Å². The van der Waals surface area contributed by atoms with E-state index in [0.29, 0.717) is 0 Å². The molecule has 1 aliphatic carbocycles. The predicted molar refractivity (Wildman–Crippen MR) is 168 cm³/mol. The van der Waals surface area contributed by atoms with Crippen molar-refractivity contribution in [3.8, 4) is 0 Å². The van der Waals surface area contributed by atoms with Gasteiger partial charge >= 0.3 is 0 Å². The third kappa shape index (κ3) is 6.80. The lowest BCUT2D eigenvalue weighted by Crippen LogP contribution is -2.36. The van der Waals surface area contributed by atoms with E-state index in [9.17, 15) is 0 Å². The minimum absolute atomic E-state index is 0.0814. The van der Waals surface area contributed by atoms with Crippen LogP contribution in [0, 0.1) is 6.92 Å². The highest BCUT2D eigenvalue weighted by Gasteiger charge is 2.41. The fraction of sp³-hybridized carbons (Fsp3) is 0.343. The van der Waals surface area contributed by atoms with E-state index in [1.54, 1.807) is 6.26 Å². The highest BCUT2D eigenvalue weighted by Crippen LogP contribution is 2.47. The Morgan fingerprint density at radius 3 is 2.51 bits per heavy atom. The first kappa shape index (κ1) is 29.0. The van der Waals surface area contributed by atoms with E-state index >= 15 is 0 Å². The van der Waals surface area contributed by atoms with Crippen LogP contribution in [0.3, 0.4) is 0 Å². The maximum absolute atomic E-state index is 6.18. The van der Waals surface area contributed by atoms with E-state index < -0.39 is 0 Å². The predicted octanol–water partition coefficient (Wildman–Crippen LogP) is 9.61. The van der Waals surface area contributed by atoms with Crippen molar-refractivity contribution in [2.75, 3.05) is 20.1 Å². The number of likely N-dealkylation sites (N-methyl/N-ethyl adjacent to an activating group) is 1. The maximum atomic E-state index is 6.18. The number of pyridine rings is 1. The number of benzene rings is 2. The van der Waals surface area contributed by atoms with Gasteiger partial charge in [-0.3, -0.25) is 4.98 Å². The van der Waals surface area contributed by atoms with E-state index in [1.807, 2.05) is 19.9 Å². The quantitative estimate of drug-likeness (QED) is 0.196. The van der Waals surface area contributed by atoms with Crippen LogP contribution in [0.1, 0.15) is 68.5 Å². The summed E-state index contributed by atoms with van der Waals surface area (Å²) in [5, 5.41) is 1.14. The molecule has 0 bridgehead atoms. The van der Waals surface area contributed by atoms with E-state index in [-0.39, 0.29) is 11.3 Å². The van der Waals surface area contributed by atoms with Crippen molar-refractivity contribution >= 4 is 26.8 Å². The third-order valence-electron chi connectivity index (χ3n) is 7.71. The molecule has 2 aromatic heterocycles. The molecule has 2 atom stereocenters. The topological polar surface area (TPSA) is 29.3 Å². The van der Waals surface area contributed by atoms with Gasteiger partial charge in [-0.25, -0.2) is 0 Å². The summed E-state index contributed by atoms with van der Waals surface area (Å²) in [5.74, 6) is 1.10. The molecule has 39 heavy (non-hydrogen) atoms. The lowest BCUT2D eigenvalue weighted by atomic mass is 9.66. The van der Waals surface area contributed by atoms with Gasteiger partial charge in [-0.2, -0.15) is 0 Å². The van der Waals surface area contributed by atoms with Crippen molar-refractivity contribution in [3.05, 3.63) is 124 Å². The van der Waals surface area contributed by atoms with E-state index in [0.717, 1.165) is 59.2 Å². The average Bonchev–Trinajstić information content (AvgIpc) is 3.51. The van der Waals surface area contributed by atoms with Crippen molar-refractivity contribution in [2.24, 2.45) is 0 Å². The summed E-state index contributed by atoms with van der Waals surface area (Å²) in [7, 11) is 2.23. The molecular weight excluding hydrogens is 544 g/mol. The normalized spacial score (nSPS) is 15.4. The summed E-state index contributed by atoms with van der Waals surface area (Å²) in [5.41, 5.74) is 5.74. The second-order valence-corrected chi connectivity index (χ2v) is 11.4. The van der Waals surface area contributed by atoms with Crippen LogP contribution in [0.15, 0.2) is 106 Å². The van der Waals surface area contributed by atoms with Gasteiger partial charge in [0.2, 0.25) is 0 Å². The van der Waals surface area contributed by atoms with Gasteiger partial charge in [0.25, 0.3) is 0 Å². The van der Waals surface area contributed by atoms with Crippen LogP contribution in [0.5, 0.6) is 0 Å². The molecule has 4 heteroatoms. The first-order valence-electron chi connectivity index (χ1n) is 14.1. The number of fused-ring (bicyclic) bond motifs is 1. The Morgan fingerprint density at radius 2 is 1.82 bits per heavy atom. The zero-order valence-electron chi connectivity index (χ0n) is 24.0. The second kappa shape index (κ2) is 13.4. The molecule has 0 radical (unpaired) electrons. The number of hydrogen-bond acceptors (Lipinski definition) is 3. The lowest BCUT2D eigenvalue weighted by Gasteiger charge is -2.39. The fourth-order valence-corrected chi connectivity index (χ4v) is 6.08. The monoisotopic (exact) mass is 584 g/mol. The molecule has 0 N–H and O–H groups in total. The van der Waals surface area contributed by atoms with Crippen molar-refractivity contribution in [2.45, 2.75) is 58.3 Å². The molecule has 0 spiro atoms. The Morgan fingerprint density at radius 1 is 1.03 bits per heavy atom. The number of nitrogens with zero attached hydrogens (tertiary/aromatic N) is 2. The van der Waals surface area contributed by atoms with Crippen LogP contribution in [-0.2, 0) is 5.41 Å². The Bertz CT molecular complexity index is 1410. The molecule has 0 aliphatic heterocycles. The molecule has 204 valence electrons. The van der Waals surface area contributed by atoms with E-state index in [4.69, 9.17) is 9.40 Å². The molecule has 4 aromatic rings. The second-order valence-electron chi connectivity index (χ2n) is 10.5. The number of aromatic nitrogens is 1. The Labute approximate surface area is 242 Å². The summed E-state index contributed by atoms with van der Waals surface area (Å²) in [6, 6.07) is 23.7. The van der Waals surface area contributed by atoms with Crippen LogP contribution >= 0.6 is 15.9 Å². The third-order valence-corrected chi connectivity index (χ3v) is 8.20. The molecule has 5 rings (SSSR count). The molecular formula is C35H41BrN2O. The van der Waals surface area contributed by atoms with Crippen molar-refractivity contribution in [3.63, 3.8) is 0 Å². The number of rotatable bonds is 9. The summed E-state index contributed by atoms with van der Waals surface area (Å²) in [4.78, 5) is 7.49. The first-order chi connectivity index (χ1) is 18.9. The highest BCUT2D eigenvalue weighted by atomic mass is 79.9. The van der Waals surface area contributed by atoms with Crippen LogP contribution < -0.4 is 0 Å². The van der Waals surface area contributed by atoms with Gasteiger partial charge in [0.05, 0.1) is 11.8 Å². The Kier molecular flexibility index (Phi) is 9.99. The molecule has 3 nitrogen and oxygen atoms in total. The summed E-state index contributed by atoms with van der Waals surface area (Å²) in [6.45, 7) is 10.4. The van der Waals surface area contributed by atoms with Crippen LogP contribution in [0.4, 0.5) is 0 Å². The SMILES string of the molecule is CC.Cc1nc2ccc(Br)cc2cc1C(c1ccccc1)C(C)(CCN(C)CC1=CCCC=C1)c1ccco1. The summed E-state index contributed by atoms with van der Waals surface area (Å²) < 4.78 is 7.25. The van der Waals surface area contributed by atoms with Gasteiger partial charge in [-0.1, -0.05) is 85.3 Å². The standard InChI is InChI=1S/C33H35BrN2O.C2H6/c1-24-29(22-27-21-28(34)16-17-30(27)35-24)32(26-13-8-5-9-14-26)33(2,31-15-10-20-37-31)18-19-36(3)23-25-11-6-4-7-12-25;1-2/h5-6,8-17,20-22,32H,4,7,18-19,23H2,1-3H3;1-2H3. The van der Waals surface area contributed by atoms with Crippen molar-refractivity contribution in [1.29, 1.82) is 0 Å². The minimum Gasteiger partial charge on any atom is -0.469 e. The fourth-order valence-electron chi connectivity index (χ4n) is 5.70. The Balaban J connectivity index is 0.00000172. The van der Waals surface area contributed by atoms with Crippen LogP contribution in [0.25, 0.3) is 10.9 Å². The zero-order valence-corrected chi connectivity index (χ0v) is 25.5. The van der Waals surface area contributed by atoms with E-state index in [1.165, 1.54) is 16.7 Å². The van der Waals surface area contributed by atoms with Gasteiger partial charge in [0.1, 0.15) is 5.76 Å². The van der Waals surface area contributed by atoms with Gasteiger partial charge in [0, 0.05) is 33.4 Å². The van der Waals surface area contributed by atoms with Gasteiger partial charge < -0.3 is 9.32 Å². The van der Waals surface area contributed by atoms with Gasteiger partial charge in [-0.15, -0.1) is 0 Å². The number of hydrogen-bond donors (Lipinski definition) is 0. The zero-order chi connectivity index (χ0) is 27.8. The largest absolute Gasteiger partial charge is 0.469 e. The van der Waals surface area contributed by atoms with Gasteiger partial charge in [0.15, 0.2) is 0 Å². The highest BCUT2D eigenvalue weighted by molar-refractivity contribution is 9.10. The molecule has 2 unspecified atom stereocenters. The smallest absolute Gasteiger partial charge is 0.110 e. The maximum Gasteiger partial charge on any atom is 0.110 e. The minimum atomic E-state index is -0.276. The molecule has 0 amide bonds. The first-order valence-corrected chi connectivity index (χ1v) is 14.9. The number of allylic oxidation sites excluding steroid dienone is 2. The average molecular weight is 586 g/mol. The van der Waals surface area contributed by atoms with E-state index in [2.05, 4.69) is 121 Å². The molecule has 0 saturated carbocycles. The molecule has 0 saturated heterocycles. The number of halogens is 1. The van der Waals surface area contributed by atoms with Crippen LogP contribution in [0.2, 0.25) is 0 Å². The summed E-state index contributed by atoms with van der Waals surface area (Å²) in [6.07, 6.45) is 12.0. The summed E-state index contributed by atoms with van der Waals surface area (Å²) >= 11 is 3.65. The molecule has 1 aliphatic rings. The van der Waals surface area contributed by atoms with Gasteiger partial charge in [-0.05, 0) is 92.9 Å². The molecule has 0 fully saturated rings. The number of aryl methyl sites for hydroxylation is 1. The molecule has 2 heterocycles. The Hall–Kier alpha value is -2.95. The molecule has 2 aromatic carbocycles. The number of furan rings is 1. The van der Waals surface area contributed by atoms with Crippen molar-refractivity contribution in [1.82, 2.24) is 9.88 Å². The lowest BCUT2D eigenvalue weighted by molar-refractivity contribution is 0.254.